The Labute approximate surface area is 184 Å². The van der Waals surface area contributed by atoms with Crippen molar-refractivity contribution in [3.8, 4) is 5.75 Å². The van der Waals surface area contributed by atoms with Crippen LogP contribution in [0.2, 0.25) is 0 Å². The fourth-order valence-corrected chi connectivity index (χ4v) is 5.50. The predicted molar refractivity (Wildman–Crippen MR) is 121 cm³/mol. The highest BCUT2D eigenvalue weighted by Gasteiger charge is 2.51. The van der Waals surface area contributed by atoms with Crippen LogP contribution in [0.3, 0.4) is 0 Å². The number of hydrogen-bond donors (Lipinski definition) is 2. The third-order valence-corrected chi connectivity index (χ3v) is 7.88. The summed E-state index contributed by atoms with van der Waals surface area (Å²) in [6, 6.07) is 13.5. The molecular formula is C24H30N2O4S. The molecule has 2 aromatic carbocycles. The topological polar surface area (TPSA) is 84.5 Å². The van der Waals surface area contributed by atoms with Crippen LogP contribution in [0.5, 0.6) is 5.75 Å². The highest BCUT2D eigenvalue weighted by atomic mass is 32.2. The Hall–Kier alpha value is -2.54. The van der Waals surface area contributed by atoms with Gasteiger partial charge in [-0.3, -0.25) is 9.52 Å². The minimum atomic E-state index is -3.73. The zero-order valence-electron chi connectivity index (χ0n) is 17.9. The van der Waals surface area contributed by atoms with Crippen molar-refractivity contribution in [2.75, 3.05) is 18.4 Å². The number of carbonyl (C=O) groups excluding carboxylic acids is 1. The first-order valence-corrected chi connectivity index (χ1v) is 12.5. The molecule has 31 heavy (non-hydrogen) atoms. The van der Waals surface area contributed by atoms with E-state index in [-0.39, 0.29) is 10.8 Å². The summed E-state index contributed by atoms with van der Waals surface area (Å²) >= 11 is 0. The van der Waals surface area contributed by atoms with Gasteiger partial charge in [0, 0.05) is 18.3 Å². The van der Waals surface area contributed by atoms with E-state index in [0.29, 0.717) is 17.4 Å². The van der Waals surface area contributed by atoms with Gasteiger partial charge in [0.05, 0.1) is 17.4 Å². The minimum Gasteiger partial charge on any atom is -0.497 e. The SMILES string of the molecule is COc1cccc(S(=O)(=O)Nc2ccc(C3(C(=O)NCC4CCCCC4)CC3)cc2)c1. The predicted octanol–water partition coefficient (Wildman–Crippen LogP) is 4.22. The normalized spacial score (nSPS) is 18.2. The number of amides is 1. The van der Waals surface area contributed by atoms with Gasteiger partial charge in [-0.25, -0.2) is 8.42 Å². The van der Waals surface area contributed by atoms with Gasteiger partial charge in [0.1, 0.15) is 5.75 Å². The number of nitrogens with one attached hydrogen (secondary N) is 2. The molecular weight excluding hydrogens is 412 g/mol. The van der Waals surface area contributed by atoms with E-state index in [1.807, 2.05) is 12.1 Å². The van der Waals surface area contributed by atoms with Crippen molar-refractivity contribution in [3.05, 3.63) is 54.1 Å². The molecule has 2 aromatic rings. The van der Waals surface area contributed by atoms with Gasteiger partial charge in [-0.15, -0.1) is 0 Å². The number of anilines is 1. The average molecular weight is 443 g/mol. The van der Waals surface area contributed by atoms with Crippen molar-refractivity contribution in [2.24, 2.45) is 5.92 Å². The van der Waals surface area contributed by atoms with E-state index >= 15 is 0 Å². The highest BCUT2D eigenvalue weighted by Crippen LogP contribution is 2.48. The van der Waals surface area contributed by atoms with Crippen molar-refractivity contribution in [2.45, 2.75) is 55.3 Å². The van der Waals surface area contributed by atoms with Crippen molar-refractivity contribution in [3.63, 3.8) is 0 Å². The van der Waals surface area contributed by atoms with E-state index in [2.05, 4.69) is 10.0 Å². The maximum absolute atomic E-state index is 12.9. The Balaban J connectivity index is 1.41. The van der Waals surface area contributed by atoms with E-state index in [1.54, 1.807) is 24.3 Å². The molecule has 0 aromatic heterocycles. The maximum Gasteiger partial charge on any atom is 0.262 e. The molecule has 2 saturated carbocycles. The second-order valence-electron chi connectivity index (χ2n) is 8.66. The number of ether oxygens (including phenoxy) is 1. The Morgan fingerprint density at radius 1 is 1.06 bits per heavy atom. The molecule has 2 aliphatic rings. The van der Waals surface area contributed by atoms with Crippen LogP contribution >= 0.6 is 0 Å². The fraction of sp³-hybridized carbons (Fsp3) is 0.458. The van der Waals surface area contributed by atoms with E-state index in [9.17, 15) is 13.2 Å². The molecule has 0 heterocycles. The summed E-state index contributed by atoms with van der Waals surface area (Å²) in [5.74, 6) is 1.18. The zero-order valence-corrected chi connectivity index (χ0v) is 18.7. The molecule has 0 radical (unpaired) electrons. The van der Waals surface area contributed by atoms with Crippen molar-refractivity contribution < 1.29 is 17.9 Å². The van der Waals surface area contributed by atoms with Crippen LogP contribution in [0.25, 0.3) is 0 Å². The quantitative estimate of drug-likeness (QED) is 0.641. The maximum atomic E-state index is 12.9. The van der Waals surface area contributed by atoms with Crippen LogP contribution in [0.1, 0.15) is 50.5 Å². The summed E-state index contributed by atoms with van der Waals surface area (Å²) in [4.78, 5) is 13.0. The van der Waals surface area contributed by atoms with Crippen LogP contribution in [-0.2, 0) is 20.2 Å². The molecule has 0 aliphatic heterocycles. The summed E-state index contributed by atoms with van der Waals surface area (Å²) in [7, 11) is -2.23. The summed E-state index contributed by atoms with van der Waals surface area (Å²) in [6.45, 7) is 0.763. The molecule has 4 rings (SSSR count). The smallest absolute Gasteiger partial charge is 0.262 e. The Bertz CT molecular complexity index is 1020. The molecule has 0 atom stereocenters. The number of carbonyl (C=O) groups is 1. The van der Waals surface area contributed by atoms with E-state index < -0.39 is 15.4 Å². The monoisotopic (exact) mass is 442 g/mol. The Morgan fingerprint density at radius 2 is 1.77 bits per heavy atom. The first-order valence-electron chi connectivity index (χ1n) is 11.0. The molecule has 0 bridgehead atoms. The van der Waals surface area contributed by atoms with Gasteiger partial charge in [-0.2, -0.15) is 0 Å². The lowest BCUT2D eigenvalue weighted by Crippen LogP contribution is -2.38. The molecule has 1 amide bonds. The molecule has 0 saturated heterocycles. The average Bonchev–Trinajstić information content (AvgIpc) is 3.60. The summed E-state index contributed by atoms with van der Waals surface area (Å²) < 4.78 is 33.1. The molecule has 0 unspecified atom stereocenters. The number of hydrogen-bond acceptors (Lipinski definition) is 4. The minimum absolute atomic E-state index is 0.0998. The highest BCUT2D eigenvalue weighted by molar-refractivity contribution is 7.92. The molecule has 7 heteroatoms. The second kappa shape index (κ2) is 8.91. The van der Waals surface area contributed by atoms with Crippen LogP contribution in [0, 0.1) is 5.92 Å². The van der Waals surface area contributed by atoms with Gasteiger partial charge in [0.2, 0.25) is 5.91 Å². The van der Waals surface area contributed by atoms with Crippen molar-refractivity contribution >= 4 is 21.6 Å². The summed E-state index contributed by atoms with van der Waals surface area (Å²) in [5.41, 5.74) is 0.946. The molecule has 6 nitrogen and oxygen atoms in total. The van der Waals surface area contributed by atoms with Crippen LogP contribution in [0.4, 0.5) is 5.69 Å². The molecule has 2 fully saturated rings. The first kappa shape index (κ1) is 21.7. The van der Waals surface area contributed by atoms with E-state index in [1.165, 1.54) is 51.3 Å². The first-order chi connectivity index (χ1) is 14.9. The van der Waals surface area contributed by atoms with Crippen molar-refractivity contribution in [1.82, 2.24) is 5.32 Å². The van der Waals surface area contributed by atoms with Crippen LogP contribution in [0.15, 0.2) is 53.4 Å². The summed E-state index contributed by atoms with van der Waals surface area (Å²) in [6.07, 6.45) is 7.90. The lowest BCUT2D eigenvalue weighted by Gasteiger charge is -2.23. The standard InChI is InChI=1S/C24H30N2O4S/c1-30-21-8-5-9-22(16-21)31(28,29)26-20-12-10-19(11-13-20)24(14-15-24)23(27)25-17-18-6-3-2-4-7-18/h5,8-13,16,18,26H,2-4,6-7,14-15,17H2,1H3,(H,25,27). The molecule has 2 N–H and O–H groups in total. The van der Waals surface area contributed by atoms with Crippen LogP contribution < -0.4 is 14.8 Å². The van der Waals surface area contributed by atoms with Gasteiger partial charge in [0.25, 0.3) is 10.0 Å². The van der Waals surface area contributed by atoms with Gasteiger partial charge >= 0.3 is 0 Å². The number of sulfonamides is 1. The van der Waals surface area contributed by atoms with Gasteiger partial charge in [-0.1, -0.05) is 37.5 Å². The fourth-order valence-electron chi connectivity index (χ4n) is 4.41. The zero-order chi connectivity index (χ0) is 21.9. The van der Waals surface area contributed by atoms with Gasteiger partial charge in [-0.05, 0) is 61.4 Å². The Morgan fingerprint density at radius 3 is 2.42 bits per heavy atom. The number of benzene rings is 2. The lowest BCUT2D eigenvalue weighted by atomic mass is 9.88. The second-order valence-corrected chi connectivity index (χ2v) is 10.3. The third-order valence-electron chi connectivity index (χ3n) is 6.50. The lowest BCUT2D eigenvalue weighted by molar-refractivity contribution is -0.123. The number of rotatable bonds is 8. The van der Waals surface area contributed by atoms with Crippen LogP contribution in [-0.4, -0.2) is 28.0 Å². The summed E-state index contributed by atoms with van der Waals surface area (Å²) in [5, 5.41) is 3.18. The molecule has 2 aliphatic carbocycles. The van der Waals surface area contributed by atoms with Gasteiger partial charge < -0.3 is 10.1 Å². The third kappa shape index (κ3) is 4.87. The Kier molecular flexibility index (Phi) is 6.23. The molecule has 0 spiro atoms. The van der Waals surface area contributed by atoms with E-state index in [0.717, 1.165) is 24.9 Å². The molecule has 166 valence electrons. The van der Waals surface area contributed by atoms with Gasteiger partial charge in [0.15, 0.2) is 0 Å². The van der Waals surface area contributed by atoms with E-state index in [4.69, 9.17) is 4.74 Å². The largest absolute Gasteiger partial charge is 0.497 e. The van der Waals surface area contributed by atoms with Crippen molar-refractivity contribution in [1.29, 1.82) is 0 Å². The number of methoxy groups -OCH3 is 1.